The highest BCUT2D eigenvalue weighted by atomic mass is 19.2. The molecule has 3 rings (SSSR count). The maximum absolute atomic E-state index is 13.9. The molecule has 1 aliphatic heterocycles. The molecule has 1 N–H and O–H groups in total. The number of likely N-dealkylation sites (tertiary alicyclic amines) is 1. The Hall–Kier alpha value is -3.97. The van der Waals surface area contributed by atoms with E-state index in [9.17, 15) is 36.7 Å². The Morgan fingerprint density at radius 3 is 2.26 bits per heavy atom. The van der Waals surface area contributed by atoms with Crippen molar-refractivity contribution in [3.8, 4) is 5.75 Å². The van der Waals surface area contributed by atoms with Gasteiger partial charge in [-0.15, -0.1) is 0 Å². The molecule has 10 nitrogen and oxygen atoms in total. The molecule has 1 aliphatic rings. The van der Waals surface area contributed by atoms with E-state index in [4.69, 9.17) is 9.47 Å². The highest BCUT2D eigenvalue weighted by Crippen LogP contribution is 2.26. The Bertz CT molecular complexity index is 1200. The number of benzene rings is 1. The van der Waals surface area contributed by atoms with Crippen molar-refractivity contribution < 1.29 is 50.7 Å². The van der Waals surface area contributed by atoms with Gasteiger partial charge < -0.3 is 24.2 Å². The first-order valence-corrected chi connectivity index (χ1v) is 12.0. The van der Waals surface area contributed by atoms with Crippen LogP contribution in [-0.2, 0) is 19.1 Å². The second kappa shape index (κ2) is 12.3. The minimum Gasteiger partial charge on any atom is -0.479 e. The number of hydrogen-bond donors (Lipinski definition) is 1. The van der Waals surface area contributed by atoms with Gasteiger partial charge in [-0.05, 0) is 33.6 Å². The molecule has 1 aromatic carbocycles. The first-order chi connectivity index (χ1) is 18.3. The van der Waals surface area contributed by atoms with E-state index in [0.717, 1.165) is 0 Å². The third-order valence-electron chi connectivity index (χ3n) is 5.74. The number of amides is 2. The van der Waals surface area contributed by atoms with Crippen LogP contribution in [0.15, 0.2) is 22.9 Å². The predicted molar refractivity (Wildman–Crippen MR) is 124 cm³/mol. The fourth-order valence-electron chi connectivity index (χ4n) is 3.84. The van der Waals surface area contributed by atoms with Crippen molar-refractivity contribution in [2.24, 2.45) is 5.92 Å². The van der Waals surface area contributed by atoms with Crippen LogP contribution >= 0.6 is 0 Å². The first kappa shape index (κ1) is 29.6. The molecule has 212 valence electrons. The van der Waals surface area contributed by atoms with Gasteiger partial charge in [0.05, 0.1) is 6.42 Å². The number of carbonyl (C=O) groups excluding carboxylic acids is 4. The number of carbonyl (C=O) groups is 4. The van der Waals surface area contributed by atoms with Gasteiger partial charge in [-0.1, -0.05) is 5.16 Å². The summed E-state index contributed by atoms with van der Waals surface area (Å²) in [6, 6.07) is -0.145. The van der Waals surface area contributed by atoms with Gasteiger partial charge in [-0.25, -0.2) is 8.78 Å². The molecule has 0 aliphatic carbocycles. The molecule has 1 atom stereocenters. The molecule has 0 radical (unpaired) electrons. The molecular weight excluding hydrogens is 530 g/mol. The third kappa shape index (κ3) is 7.77. The van der Waals surface area contributed by atoms with E-state index in [0.29, 0.717) is 0 Å². The fraction of sp³-hybridized carbons (Fsp3) is 0.480. The van der Waals surface area contributed by atoms with Crippen LogP contribution in [-0.4, -0.2) is 65.0 Å². The second-order valence-corrected chi connectivity index (χ2v) is 9.86. The molecule has 1 saturated heterocycles. The number of hydrogen-bond acceptors (Lipinski definition) is 8. The Kier molecular flexibility index (Phi) is 9.30. The summed E-state index contributed by atoms with van der Waals surface area (Å²) in [4.78, 5) is 52.1. The molecule has 2 amide bonds. The average molecular weight is 557 g/mol. The maximum atomic E-state index is 13.9. The molecule has 1 fully saturated rings. The summed E-state index contributed by atoms with van der Waals surface area (Å²) in [6.45, 7) is 4.06. The van der Waals surface area contributed by atoms with Crippen LogP contribution in [0.1, 0.15) is 50.5 Å². The summed E-state index contributed by atoms with van der Waals surface area (Å²) >= 11 is 0. The van der Waals surface area contributed by atoms with Crippen LogP contribution < -0.4 is 10.1 Å². The van der Waals surface area contributed by atoms with Crippen LogP contribution in [0.5, 0.6) is 5.75 Å². The molecule has 0 unspecified atom stereocenters. The molecule has 14 heteroatoms. The number of piperidine rings is 1. The lowest BCUT2D eigenvalue weighted by Crippen LogP contribution is -2.49. The van der Waals surface area contributed by atoms with E-state index in [1.165, 1.54) is 17.2 Å². The number of ether oxygens (including phenoxy) is 2. The lowest BCUT2D eigenvalue weighted by atomic mass is 9.94. The summed E-state index contributed by atoms with van der Waals surface area (Å²) < 4.78 is 69.4. The molecule has 39 heavy (non-hydrogen) atoms. The summed E-state index contributed by atoms with van der Waals surface area (Å²) in [7, 11) is 0. The monoisotopic (exact) mass is 557 g/mol. The van der Waals surface area contributed by atoms with Gasteiger partial charge in [0.25, 0.3) is 5.91 Å². The molecule has 0 spiro atoms. The van der Waals surface area contributed by atoms with Gasteiger partial charge in [0, 0.05) is 31.1 Å². The van der Waals surface area contributed by atoms with Crippen LogP contribution in [0.4, 0.5) is 17.6 Å². The maximum Gasteiger partial charge on any atom is 0.308 e. The third-order valence-corrected chi connectivity index (χ3v) is 5.74. The molecule has 0 bridgehead atoms. The molecule has 2 heterocycles. The van der Waals surface area contributed by atoms with Crippen LogP contribution in [0.25, 0.3) is 0 Å². The van der Waals surface area contributed by atoms with Crippen molar-refractivity contribution in [1.82, 2.24) is 15.4 Å². The fourth-order valence-corrected chi connectivity index (χ4v) is 3.84. The van der Waals surface area contributed by atoms with Gasteiger partial charge >= 0.3 is 5.97 Å². The molecule has 1 aromatic heterocycles. The Balaban J connectivity index is 1.67. The largest absolute Gasteiger partial charge is 0.479 e. The summed E-state index contributed by atoms with van der Waals surface area (Å²) in [5.74, 6) is -12.1. The van der Waals surface area contributed by atoms with Crippen molar-refractivity contribution in [1.29, 1.82) is 0 Å². The minimum atomic E-state index is -1.85. The van der Waals surface area contributed by atoms with Crippen molar-refractivity contribution >= 4 is 23.6 Å². The van der Waals surface area contributed by atoms with E-state index in [2.05, 4.69) is 15.0 Å². The Labute approximate surface area is 220 Å². The van der Waals surface area contributed by atoms with Crippen LogP contribution in [0.2, 0.25) is 0 Å². The number of esters is 1. The zero-order valence-corrected chi connectivity index (χ0v) is 21.4. The van der Waals surface area contributed by atoms with Crippen molar-refractivity contribution in [2.45, 2.75) is 51.7 Å². The smallest absolute Gasteiger partial charge is 0.308 e. The topological polar surface area (TPSA) is 128 Å². The van der Waals surface area contributed by atoms with Crippen LogP contribution in [0, 0.1) is 29.2 Å². The lowest BCUT2D eigenvalue weighted by Gasteiger charge is -2.31. The number of nitrogens with zero attached hydrogens (tertiary/aromatic N) is 2. The number of halogens is 4. The predicted octanol–water partition coefficient (Wildman–Crippen LogP) is 2.95. The Morgan fingerprint density at radius 2 is 1.72 bits per heavy atom. The summed E-state index contributed by atoms with van der Waals surface area (Å²) in [5.41, 5.74) is -0.799. The minimum absolute atomic E-state index is 0.0184. The molecular formula is C25H27F4N3O7. The SMILES string of the molecule is CC(C)(C)OC(=O)C[C@H](NC(=O)C1CCN(C(=O)c2ccon2)CC1)C(=O)COc1c(F)c(F)cc(F)c1F. The van der Waals surface area contributed by atoms with Crippen LogP contribution in [0.3, 0.4) is 0 Å². The van der Waals surface area contributed by atoms with E-state index in [-0.39, 0.29) is 43.6 Å². The molecule has 0 saturated carbocycles. The lowest BCUT2D eigenvalue weighted by molar-refractivity contribution is -0.156. The van der Waals surface area contributed by atoms with Crippen molar-refractivity contribution in [3.05, 3.63) is 47.4 Å². The van der Waals surface area contributed by atoms with Crippen molar-refractivity contribution in [3.63, 3.8) is 0 Å². The summed E-state index contributed by atoms with van der Waals surface area (Å²) in [5, 5.41) is 6.02. The summed E-state index contributed by atoms with van der Waals surface area (Å²) in [6.07, 6.45) is 1.08. The second-order valence-electron chi connectivity index (χ2n) is 9.86. The van der Waals surface area contributed by atoms with Gasteiger partial charge in [0.1, 0.15) is 24.5 Å². The van der Waals surface area contributed by atoms with E-state index < -0.39 is 77.3 Å². The Morgan fingerprint density at radius 1 is 1.10 bits per heavy atom. The van der Waals surface area contributed by atoms with Crippen molar-refractivity contribution in [2.75, 3.05) is 19.7 Å². The first-order valence-electron chi connectivity index (χ1n) is 12.0. The van der Waals surface area contributed by atoms with Gasteiger partial charge in [0.15, 0.2) is 28.9 Å². The molecule has 2 aromatic rings. The standard InChI is InChI=1S/C25H27F4N3O7/c1-25(2,3)39-19(34)11-17(18(33)12-37-22-20(28)14(26)10-15(27)21(22)29)30-23(35)13-4-7-32(8-5-13)24(36)16-6-9-38-31-16/h6,9-10,13,17H,4-5,7-8,11-12H2,1-3H3,(H,30,35)/t17-/m0/s1. The van der Waals surface area contributed by atoms with Gasteiger partial charge in [0.2, 0.25) is 17.5 Å². The normalized spacial score (nSPS) is 15.0. The van der Waals surface area contributed by atoms with Gasteiger partial charge in [-0.3, -0.25) is 19.2 Å². The highest BCUT2D eigenvalue weighted by Gasteiger charge is 2.33. The highest BCUT2D eigenvalue weighted by molar-refractivity contribution is 5.94. The van der Waals surface area contributed by atoms with E-state index >= 15 is 0 Å². The quantitative estimate of drug-likeness (QED) is 0.283. The number of aromatic nitrogens is 1. The zero-order valence-electron chi connectivity index (χ0n) is 21.4. The van der Waals surface area contributed by atoms with Gasteiger partial charge in [-0.2, -0.15) is 8.78 Å². The number of nitrogens with one attached hydrogen (secondary N) is 1. The number of Topliss-reactive ketones (excluding diaryl/α,β-unsaturated/α-hetero) is 1. The van der Waals surface area contributed by atoms with E-state index in [1.54, 1.807) is 20.8 Å². The number of ketones is 1. The average Bonchev–Trinajstić information content (AvgIpc) is 3.40. The zero-order chi connectivity index (χ0) is 28.9. The van der Waals surface area contributed by atoms with E-state index in [1.807, 2.05) is 0 Å². The number of rotatable bonds is 9.